The molecular weight excluding hydrogens is 394 g/mol. The number of carbonyl (C=O) groups is 2. The molecule has 1 N–H and O–H groups in total. The molecule has 3 aromatic rings. The van der Waals surface area contributed by atoms with Crippen molar-refractivity contribution < 1.29 is 22.7 Å². The van der Waals surface area contributed by atoms with Crippen LogP contribution in [0.4, 0.5) is 5.69 Å². The molecule has 0 spiro atoms. The Hall–Kier alpha value is -3.20. The Kier molecular flexibility index (Phi) is 5.06. The van der Waals surface area contributed by atoms with Crippen LogP contribution in [0.25, 0.3) is 10.9 Å². The lowest BCUT2D eigenvalue weighted by Gasteiger charge is -2.28. The second kappa shape index (κ2) is 7.67. The molecule has 150 valence electrons. The van der Waals surface area contributed by atoms with Crippen molar-refractivity contribution in [2.75, 3.05) is 23.0 Å². The van der Waals surface area contributed by atoms with Crippen LogP contribution in [-0.2, 0) is 19.4 Å². The first-order valence-electron chi connectivity index (χ1n) is 9.12. The molecule has 1 atom stereocenters. The maximum absolute atomic E-state index is 12.9. The number of sulfone groups is 1. The van der Waals surface area contributed by atoms with E-state index >= 15 is 0 Å². The van der Waals surface area contributed by atoms with Crippen LogP contribution in [0.3, 0.4) is 0 Å². The van der Waals surface area contributed by atoms with Gasteiger partial charge in [0.25, 0.3) is 5.91 Å². The van der Waals surface area contributed by atoms with Gasteiger partial charge in [-0.1, -0.05) is 36.4 Å². The number of fused-ring (bicyclic) bond motifs is 1. The van der Waals surface area contributed by atoms with Crippen molar-refractivity contribution in [1.29, 1.82) is 0 Å². The van der Waals surface area contributed by atoms with Crippen molar-refractivity contribution in [3.63, 3.8) is 0 Å². The molecule has 1 saturated heterocycles. The number of nitrogens with one attached hydrogen (secondary N) is 1. The Labute approximate surface area is 167 Å². The third kappa shape index (κ3) is 4.00. The van der Waals surface area contributed by atoms with Gasteiger partial charge in [-0.3, -0.25) is 9.89 Å². The number of H-pyrrole nitrogens is 1. The summed E-state index contributed by atoms with van der Waals surface area (Å²) in [5.41, 5.74) is 1.36. The Morgan fingerprint density at radius 1 is 1.10 bits per heavy atom. The third-order valence-electron chi connectivity index (χ3n) is 4.87. The molecule has 0 bridgehead atoms. The lowest BCUT2D eigenvalue weighted by Crippen LogP contribution is -2.43. The van der Waals surface area contributed by atoms with Gasteiger partial charge in [0, 0.05) is 11.1 Å². The molecule has 1 aliphatic rings. The summed E-state index contributed by atoms with van der Waals surface area (Å²) in [6.45, 7) is -0.508. The molecule has 0 saturated carbocycles. The summed E-state index contributed by atoms with van der Waals surface area (Å²) in [7, 11) is -3.19. The highest BCUT2D eigenvalue weighted by Gasteiger charge is 2.36. The van der Waals surface area contributed by atoms with Crippen LogP contribution < -0.4 is 4.90 Å². The molecule has 0 unspecified atom stereocenters. The first-order chi connectivity index (χ1) is 13.9. The lowest BCUT2D eigenvalue weighted by molar-refractivity contribution is -0.122. The van der Waals surface area contributed by atoms with E-state index in [1.807, 2.05) is 6.07 Å². The minimum Gasteiger partial charge on any atom is -0.451 e. The number of hydrogen-bond acceptors (Lipinski definition) is 6. The maximum atomic E-state index is 12.9. The number of nitrogens with zero attached hydrogens (tertiary/aromatic N) is 2. The van der Waals surface area contributed by atoms with E-state index in [9.17, 15) is 18.0 Å². The fourth-order valence-corrected chi connectivity index (χ4v) is 5.21. The zero-order valence-corrected chi connectivity index (χ0v) is 16.3. The summed E-state index contributed by atoms with van der Waals surface area (Å²) in [4.78, 5) is 26.8. The minimum atomic E-state index is -3.19. The zero-order valence-electron chi connectivity index (χ0n) is 15.4. The summed E-state index contributed by atoms with van der Waals surface area (Å²) >= 11 is 0. The molecule has 1 aromatic heterocycles. The number of para-hydroxylation sites is 2. The average molecular weight is 413 g/mol. The second-order valence-electron chi connectivity index (χ2n) is 6.85. The molecule has 1 aliphatic heterocycles. The Balaban J connectivity index is 1.51. The average Bonchev–Trinajstić information content (AvgIpc) is 3.30. The molecule has 0 aliphatic carbocycles. The lowest BCUT2D eigenvalue weighted by atomic mass is 10.2. The standard InChI is InChI=1S/C20H19N3O5S/c24-18(12-28-20(25)19-16-8-4-5-9-17(16)21-22-19)23(14-6-2-1-3-7-14)15-10-11-29(26,27)13-15/h1-9,15H,10-13H2,(H,21,22)/t15-/m0/s1. The van der Waals surface area contributed by atoms with E-state index in [-0.39, 0.29) is 17.2 Å². The normalized spacial score (nSPS) is 17.9. The minimum absolute atomic E-state index is 0.0350. The van der Waals surface area contributed by atoms with E-state index in [2.05, 4.69) is 10.2 Å². The van der Waals surface area contributed by atoms with Crippen molar-refractivity contribution in [3.05, 3.63) is 60.3 Å². The topological polar surface area (TPSA) is 109 Å². The summed E-state index contributed by atoms with van der Waals surface area (Å²) in [6.07, 6.45) is 0.348. The summed E-state index contributed by atoms with van der Waals surface area (Å²) in [6, 6.07) is 15.4. The van der Waals surface area contributed by atoms with Crippen LogP contribution in [0, 0.1) is 0 Å². The van der Waals surface area contributed by atoms with E-state index in [4.69, 9.17) is 4.74 Å². The van der Waals surface area contributed by atoms with Crippen molar-refractivity contribution in [1.82, 2.24) is 10.2 Å². The molecule has 0 radical (unpaired) electrons. The Bertz CT molecular complexity index is 1160. The van der Waals surface area contributed by atoms with Crippen molar-refractivity contribution in [2.45, 2.75) is 12.5 Å². The molecule has 1 fully saturated rings. The summed E-state index contributed by atoms with van der Waals surface area (Å²) in [5, 5.41) is 7.32. The monoisotopic (exact) mass is 413 g/mol. The summed E-state index contributed by atoms with van der Waals surface area (Å²) in [5.74, 6) is -1.27. The Morgan fingerprint density at radius 3 is 2.55 bits per heavy atom. The fourth-order valence-electron chi connectivity index (χ4n) is 3.51. The first kappa shape index (κ1) is 19.1. The predicted molar refractivity (Wildman–Crippen MR) is 107 cm³/mol. The molecule has 4 rings (SSSR count). The van der Waals surface area contributed by atoms with Crippen LogP contribution in [-0.4, -0.2) is 54.6 Å². The number of aromatic amines is 1. The quantitative estimate of drug-likeness (QED) is 0.640. The van der Waals surface area contributed by atoms with Gasteiger partial charge >= 0.3 is 5.97 Å². The Morgan fingerprint density at radius 2 is 1.83 bits per heavy atom. The molecule has 29 heavy (non-hydrogen) atoms. The van der Waals surface area contributed by atoms with Crippen molar-refractivity contribution >= 4 is 38.3 Å². The number of amides is 1. The van der Waals surface area contributed by atoms with Gasteiger partial charge in [-0.25, -0.2) is 13.2 Å². The highest BCUT2D eigenvalue weighted by molar-refractivity contribution is 7.91. The number of anilines is 1. The molecular formula is C20H19N3O5S. The van der Waals surface area contributed by atoms with E-state index < -0.39 is 34.4 Å². The van der Waals surface area contributed by atoms with Gasteiger partial charge in [0.1, 0.15) is 0 Å². The van der Waals surface area contributed by atoms with Crippen LogP contribution >= 0.6 is 0 Å². The number of carbonyl (C=O) groups excluding carboxylic acids is 2. The first-order valence-corrected chi connectivity index (χ1v) is 10.9. The van der Waals surface area contributed by atoms with Gasteiger partial charge in [-0.2, -0.15) is 5.10 Å². The zero-order chi connectivity index (χ0) is 20.4. The van der Waals surface area contributed by atoms with Gasteiger partial charge in [0.15, 0.2) is 22.1 Å². The molecule has 2 aromatic carbocycles. The fraction of sp³-hybridized carbons (Fsp3) is 0.250. The predicted octanol–water partition coefficient (Wildman–Crippen LogP) is 1.94. The van der Waals surface area contributed by atoms with Crippen LogP contribution in [0.2, 0.25) is 0 Å². The third-order valence-corrected chi connectivity index (χ3v) is 6.62. The van der Waals surface area contributed by atoms with Gasteiger partial charge in [-0.15, -0.1) is 0 Å². The molecule has 8 nitrogen and oxygen atoms in total. The highest BCUT2D eigenvalue weighted by Crippen LogP contribution is 2.25. The number of hydrogen-bond donors (Lipinski definition) is 1. The van der Waals surface area contributed by atoms with Crippen LogP contribution in [0.5, 0.6) is 0 Å². The SMILES string of the molecule is O=C(OCC(=O)N(c1ccccc1)[C@H]1CCS(=O)(=O)C1)c1n[nH]c2ccccc12. The van der Waals surface area contributed by atoms with Crippen molar-refractivity contribution in [3.8, 4) is 0 Å². The smallest absolute Gasteiger partial charge is 0.359 e. The second-order valence-corrected chi connectivity index (χ2v) is 9.08. The van der Waals surface area contributed by atoms with Crippen molar-refractivity contribution in [2.24, 2.45) is 0 Å². The summed E-state index contributed by atoms with van der Waals surface area (Å²) < 4.78 is 29.0. The molecule has 2 heterocycles. The van der Waals surface area contributed by atoms with E-state index in [0.717, 1.165) is 0 Å². The molecule has 9 heteroatoms. The number of benzene rings is 2. The van der Waals surface area contributed by atoms with Crippen LogP contribution in [0.15, 0.2) is 54.6 Å². The number of rotatable bonds is 5. The highest BCUT2D eigenvalue weighted by atomic mass is 32.2. The van der Waals surface area contributed by atoms with Gasteiger partial charge in [0.05, 0.1) is 23.1 Å². The van der Waals surface area contributed by atoms with E-state index in [1.165, 1.54) is 4.90 Å². The van der Waals surface area contributed by atoms with Crippen LogP contribution in [0.1, 0.15) is 16.9 Å². The number of aromatic nitrogens is 2. The number of esters is 1. The van der Waals surface area contributed by atoms with Gasteiger partial charge in [-0.05, 0) is 24.6 Å². The number of ether oxygens (including phenoxy) is 1. The largest absolute Gasteiger partial charge is 0.451 e. The molecule has 1 amide bonds. The maximum Gasteiger partial charge on any atom is 0.359 e. The van der Waals surface area contributed by atoms with E-state index in [1.54, 1.807) is 48.5 Å². The van der Waals surface area contributed by atoms with Gasteiger partial charge < -0.3 is 9.64 Å². The van der Waals surface area contributed by atoms with Gasteiger partial charge in [0.2, 0.25) is 0 Å². The van der Waals surface area contributed by atoms with E-state index in [0.29, 0.717) is 23.0 Å².